The molecule has 0 heteroatoms. The van der Waals surface area contributed by atoms with Crippen molar-refractivity contribution in [3.05, 3.63) is 77.4 Å². The van der Waals surface area contributed by atoms with Crippen LogP contribution in [0.25, 0.3) is 6.08 Å². The molecule has 0 aromatic heterocycles. The van der Waals surface area contributed by atoms with E-state index in [1.807, 2.05) is 0 Å². The van der Waals surface area contributed by atoms with Crippen molar-refractivity contribution in [1.29, 1.82) is 0 Å². The molecule has 0 aliphatic carbocycles. The third-order valence-corrected chi connectivity index (χ3v) is 3.02. The monoisotopic (exact) mass is 236 g/mol. The summed E-state index contributed by atoms with van der Waals surface area (Å²) >= 11 is 0. The second-order valence-corrected chi connectivity index (χ2v) is 4.63. The summed E-state index contributed by atoms with van der Waals surface area (Å²) < 4.78 is 0. The topological polar surface area (TPSA) is 0 Å². The van der Waals surface area contributed by atoms with Gasteiger partial charge >= 0.3 is 0 Å². The van der Waals surface area contributed by atoms with Gasteiger partial charge in [-0.2, -0.15) is 0 Å². The Hall–Kier alpha value is -1.82. The van der Waals surface area contributed by atoms with E-state index in [1.54, 1.807) is 0 Å². The summed E-state index contributed by atoms with van der Waals surface area (Å²) in [4.78, 5) is 0. The van der Waals surface area contributed by atoms with Gasteiger partial charge in [-0.15, -0.1) is 0 Å². The predicted molar refractivity (Wildman–Crippen MR) is 79.5 cm³/mol. The molecule has 0 aliphatic heterocycles. The molecule has 2 rings (SSSR count). The molecule has 0 heterocycles. The Labute approximate surface area is 110 Å². The van der Waals surface area contributed by atoms with Gasteiger partial charge in [-0.05, 0) is 24.0 Å². The van der Waals surface area contributed by atoms with Crippen LogP contribution in [0.4, 0.5) is 0 Å². The van der Waals surface area contributed by atoms with E-state index in [9.17, 15) is 0 Å². The van der Waals surface area contributed by atoms with Crippen LogP contribution in [-0.2, 0) is 6.42 Å². The first-order chi connectivity index (χ1) is 8.88. The molecule has 0 amide bonds. The first-order valence-corrected chi connectivity index (χ1v) is 6.67. The van der Waals surface area contributed by atoms with Crippen molar-refractivity contribution in [1.82, 2.24) is 0 Å². The molecule has 18 heavy (non-hydrogen) atoms. The Morgan fingerprint density at radius 3 is 2.11 bits per heavy atom. The molecule has 2 aromatic rings. The third-order valence-electron chi connectivity index (χ3n) is 3.02. The van der Waals surface area contributed by atoms with Crippen LogP contribution in [0.15, 0.2) is 66.2 Å². The quantitative estimate of drug-likeness (QED) is 0.676. The highest BCUT2D eigenvalue weighted by Crippen LogP contribution is 2.16. The Morgan fingerprint density at radius 2 is 1.50 bits per heavy atom. The fourth-order valence-electron chi connectivity index (χ4n) is 2.18. The Morgan fingerprint density at radius 1 is 0.889 bits per heavy atom. The van der Waals surface area contributed by atoms with Crippen molar-refractivity contribution >= 4 is 6.08 Å². The van der Waals surface area contributed by atoms with Gasteiger partial charge < -0.3 is 0 Å². The number of benzene rings is 2. The van der Waals surface area contributed by atoms with Crippen LogP contribution in [0, 0.1) is 0 Å². The molecule has 0 saturated carbocycles. The molecule has 0 saturated heterocycles. The SMILES string of the molecule is CCCC(=Cc1ccccc1)Cc1ccccc1. The molecule has 2 aromatic carbocycles. The molecular formula is C18H20. The standard InChI is InChI=1S/C18H20/c1-2-9-18(14-16-10-5-3-6-11-16)15-17-12-7-4-8-13-17/h3-8,10-14H,2,9,15H2,1H3. The average Bonchev–Trinajstić information content (AvgIpc) is 2.41. The van der Waals surface area contributed by atoms with Crippen LogP contribution in [0.3, 0.4) is 0 Å². The zero-order chi connectivity index (χ0) is 12.6. The highest BCUT2D eigenvalue weighted by Gasteiger charge is 1.99. The summed E-state index contributed by atoms with van der Waals surface area (Å²) in [7, 11) is 0. The second kappa shape index (κ2) is 6.80. The normalized spacial score (nSPS) is 11.5. The number of hydrogen-bond donors (Lipinski definition) is 0. The summed E-state index contributed by atoms with van der Waals surface area (Å²) in [6, 6.07) is 21.3. The number of hydrogen-bond acceptors (Lipinski definition) is 0. The van der Waals surface area contributed by atoms with Crippen LogP contribution in [0.5, 0.6) is 0 Å². The fourth-order valence-corrected chi connectivity index (χ4v) is 2.18. The summed E-state index contributed by atoms with van der Waals surface area (Å²) in [5.74, 6) is 0. The minimum absolute atomic E-state index is 1.06. The van der Waals surface area contributed by atoms with E-state index < -0.39 is 0 Å². The fraction of sp³-hybridized carbons (Fsp3) is 0.222. The molecule has 0 aliphatic rings. The third kappa shape index (κ3) is 3.89. The van der Waals surface area contributed by atoms with Crippen LogP contribution < -0.4 is 0 Å². The van der Waals surface area contributed by atoms with Crippen LogP contribution in [0.1, 0.15) is 30.9 Å². The van der Waals surface area contributed by atoms with Gasteiger partial charge in [0, 0.05) is 0 Å². The summed E-state index contributed by atoms with van der Waals surface area (Å²) in [6.07, 6.45) is 5.76. The summed E-state index contributed by atoms with van der Waals surface area (Å²) in [5, 5.41) is 0. The molecule has 0 radical (unpaired) electrons. The highest BCUT2D eigenvalue weighted by atomic mass is 14.0. The summed E-state index contributed by atoms with van der Waals surface area (Å²) in [6.45, 7) is 2.24. The Balaban J connectivity index is 2.16. The van der Waals surface area contributed by atoms with Gasteiger partial charge in [0.2, 0.25) is 0 Å². The lowest BCUT2D eigenvalue weighted by Crippen LogP contribution is -1.90. The van der Waals surface area contributed by atoms with Gasteiger partial charge in [0.15, 0.2) is 0 Å². The molecular weight excluding hydrogens is 216 g/mol. The van der Waals surface area contributed by atoms with Gasteiger partial charge in [0.25, 0.3) is 0 Å². The van der Waals surface area contributed by atoms with Crippen molar-refractivity contribution in [2.45, 2.75) is 26.2 Å². The lowest BCUT2D eigenvalue weighted by atomic mass is 9.99. The van der Waals surface area contributed by atoms with E-state index in [0.29, 0.717) is 0 Å². The first kappa shape index (κ1) is 12.6. The zero-order valence-corrected chi connectivity index (χ0v) is 11.0. The van der Waals surface area contributed by atoms with E-state index in [-0.39, 0.29) is 0 Å². The lowest BCUT2D eigenvalue weighted by Gasteiger charge is -2.07. The molecule has 0 atom stereocenters. The van der Waals surface area contributed by atoms with Crippen molar-refractivity contribution in [3.8, 4) is 0 Å². The van der Waals surface area contributed by atoms with Crippen LogP contribution >= 0.6 is 0 Å². The number of allylic oxidation sites excluding steroid dienone is 1. The average molecular weight is 236 g/mol. The molecule has 0 nitrogen and oxygen atoms in total. The molecule has 0 unspecified atom stereocenters. The van der Waals surface area contributed by atoms with E-state index in [0.717, 1.165) is 6.42 Å². The van der Waals surface area contributed by atoms with Crippen LogP contribution in [-0.4, -0.2) is 0 Å². The van der Waals surface area contributed by atoms with Gasteiger partial charge in [-0.3, -0.25) is 0 Å². The van der Waals surface area contributed by atoms with E-state index >= 15 is 0 Å². The van der Waals surface area contributed by atoms with E-state index in [2.05, 4.69) is 73.7 Å². The lowest BCUT2D eigenvalue weighted by molar-refractivity contribution is 0.877. The molecule has 0 bridgehead atoms. The molecule has 0 fully saturated rings. The van der Waals surface area contributed by atoms with Crippen molar-refractivity contribution in [2.75, 3.05) is 0 Å². The van der Waals surface area contributed by atoms with Gasteiger partial charge in [0.05, 0.1) is 0 Å². The smallest absolute Gasteiger partial charge is 0.00638 e. The Kier molecular flexibility index (Phi) is 4.78. The minimum Gasteiger partial charge on any atom is -0.0652 e. The molecule has 0 N–H and O–H groups in total. The van der Waals surface area contributed by atoms with E-state index in [4.69, 9.17) is 0 Å². The molecule has 92 valence electrons. The van der Waals surface area contributed by atoms with Crippen molar-refractivity contribution in [3.63, 3.8) is 0 Å². The van der Waals surface area contributed by atoms with Gasteiger partial charge in [0.1, 0.15) is 0 Å². The maximum atomic E-state index is 2.33. The first-order valence-electron chi connectivity index (χ1n) is 6.67. The number of rotatable bonds is 5. The summed E-state index contributed by atoms with van der Waals surface area (Å²) in [5.41, 5.74) is 4.21. The maximum absolute atomic E-state index is 2.33. The zero-order valence-electron chi connectivity index (χ0n) is 11.0. The van der Waals surface area contributed by atoms with Crippen molar-refractivity contribution < 1.29 is 0 Å². The van der Waals surface area contributed by atoms with Crippen molar-refractivity contribution in [2.24, 2.45) is 0 Å². The molecule has 0 spiro atoms. The Bertz CT molecular complexity index is 480. The largest absolute Gasteiger partial charge is 0.0652 e. The van der Waals surface area contributed by atoms with Gasteiger partial charge in [-0.1, -0.05) is 85.7 Å². The predicted octanol–water partition coefficient (Wildman–Crippen LogP) is 5.11. The maximum Gasteiger partial charge on any atom is -0.00638 e. The van der Waals surface area contributed by atoms with Crippen LogP contribution in [0.2, 0.25) is 0 Å². The van der Waals surface area contributed by atoms with E-state index in [1.165, 1.54) is 29.5 Å². The minimum atomic E-state index is 1.06. The highest BCUT2D eigenvalue weighted by molar-refractivity contribution is 5.53. The second-order valence-electron chi connectivity index (χ2n) is 4.63. The van der Waals surface area contributed by atoms with Gasteiger partial charge in [-0.25, -0.2) is 0 Å².